The SMILES string of the molecule is CCn1nccc1OC(=O)c1ccc(S(C)(=O)=O)c(OCCn2ncnn2)c1Cl. The number of esters is 1. The Balaban J connectivity index is 1.89. The van der Waals surface area contributed by atoms with Gasteiger partial charge < -0.3 is 9.47 Å². The van der Waals surface area contributed by atoms with Gasteiger partial charge in [-0.2, -0.15) is 9.90 Å². The van der Waals surface area contributed by atoms with Crippen LogP contribution >= 0.6 is 11.6 Å². The quantitative estimate of drug-likeness (QED) is 0.474. The molecule has 2 heterocycles. The Kier molecular flexibility index (Phi) is 6.13. The molecule has 0 radical (unpaired) electrons. The average Bonchev–Trinajstić information content (AvgIpc) is 3.33. The second-order valence-electron chi connectivity index (χ2n) is 5.78. The fourth-order valence-corrected chi connectivity index (χ4v) is 3.60. The summed E-state index contributed by atoms with van der Waals surface area (Å²) in [4.78, 5) is 13.7. The summed E-state index contributed by atoms with van der Waals surface area (Å²) in [5.74, 6) is -0.679. The predicted octanol–water partition coefficient (Wildman–Crippen LogP) is 1.24. The summed E-state index contributed by atoms with van der Waals surface area (Å²) >= 11 is 6.33. The van der Waals surface area contributed by atoms with Gasteiger partial charge in [0.25, 0.3) is 0 Å². The van der Waals surface area contributed by atoms with E-state index in [4.69, 9.17) is 21.1 Å². The molecule has 29 heavy (non-hydrogen) atoms. The van der Waals surface area contributed by atoms with Gasteiger partial charge in [-0.25, -0.2) is 17.9 Å². The molecule has 0 unspecified atom stereocenters. The van der Waals surface area contributed by atoms with Crippen LogP contribution in [0.5, 0.6) is 11.6 Å². The van der Waals surface area contributed by atoms with Crippen molar-refractivity contribution >= 4 is 27.4 Å². The fraction of sp³-hybridized carbons (Fsp3) is 0.312. The van der Waals surface area contributed by atoms with Crippen molar-refractivity contribution in [1.82, 2.24) is 30.0 Å². The normalized spacial score (nSPS) is 11.4. The van der Waals surface area contributed by atoms with Crippen molar-refractivity contribution < 1.29 is 22.7 Å². The molecule has 3 aromatic rings. The molecule has 0 saturated carbocycles. The highest BCUT2D eigenvalue weighted by molar-refractivity contribution is 7.90. The molecule has 0 atom stereocenters. The van der Waals surface area contributed by atoms with E-state index in [-0.39, 0.29) is 40.3 Å². The molecule has 0 aliphatic rings. The van der Waals surface area contributed by atoms with E-state index in [2.05, 4.69) is 20.5 Å². The van der Waals surface area contributed by atoms with Gasteiger partial charge >= 0.3 is 5.97 Å². The van der Waals surface area contributed by atoms with Crippen LogP contribution in [0, 0.1) is 0 Å². The lowest BCUT2D eigenvalue weighted by Gasteiger charge is -2.14. The van der Waals surface area contributed by atoms with Gasteiger partial charge in [0, 0.05) is 18.9 Å². The van der Waals surface area contributed by atoms with Gasteiger partial charge in [-0.05, 0) is 24.3 Å². The summed E-state index contributed by atoms with van der Waals surface area (Å²) < 4.78 is 36.6. The molecule has 11 nitrogen and oxygen atoms in total. The van der Waals surface area contributed by atoms with Crippen molar-refractivity contribution in [2.45, 2.75) is 24.9 Å². The zero-order valence-corrected chi connectivity index (χ0v) is 17.1. The molecule has 13 heteroatoms. The van der Waals surface area contributed by atoms with Gasteiger partial charge in [0.15, 0.2) is 21.9 Å². The highest BCUT2D eigenvalue weighted by Gasteiger charge is 2.25. The molecular weight excluding hydrogens is 424 g/mol. The number of sulfone groups is 1. The number of rotatable bonds is 8. The number of nitrogens with zero attached hydrogens (tertiary/aromatic N) is 6. The first-order chi connectivity index (χ1) is 13.8. The van der Waals surface area contributed by atoms with Crippen LogP contribution in [0.2, 0.25) is 5.02 Å². The van der Waals surface area contributed by atoms with Gasteiger partial charge in [-0.1, -0.05) is 11.6 Å². The van der Waals surface area contributed by atoms with E-state index in [1.54, 1.807) is 0 Å². The van der Waals surface area contributed by atoms with Crippen LogP contribution in [0.3, 0.4) is 0 Å². The van der Waals surface area contributed by atoms with Crippen LogP contribution in [0.25, 0.3) is 0 Å². The van der Waals surface area contributed by atoms with Crippen LogP contribution in [0.4, 0.5) is 0 Å². The van der Waals surface area contributed by atoms with Crippen molar-refractivity contribution in [1.29, 1.82) is 0 Å². The number of aromatic nitrogens is 6. The molecule has 2 aromatic heterocycles. The van der Waals surface area contributed by atoms with Crippen molar-refractivity contribution in [3.63, 3.8) is 0 Å². The first-order valence-corrected chi connectivity index (χ1v) is 10.7. The second-order valence-corrected chi connectivity index (χ2v) is 8.14. The molecule has 3 rings (SSSR count). The standard InChI is InChI=1S/C16H17ClN6O5S/c1-3-22-13(6-7-19-22)28-16(24)11-4-5-12(29(2,25)26)15(14(11)17)27-9-8-23-20-10-18-21-23/h4-7,10H,3,8-9H2,1-2H3. The van der Waals surface area contributed by atoms with E-state index in [0.29, 0.717) is 6.54 Å². The number of aryl methyl sites for hydroxylation is 1. The van der Waals surface area contributed by atoms with E-state index in [9.17, 15) is 13.2 Å². The number of ether oxygens (including phenoxy) is 2. The fourth-order valence-electron chi connectivity index (χ4n) is 2.44. The first-order valence-electron chi connectivity index (χ1n) is 8.41. The summed E-state index contributed by atoms with van der Waals surface area (Å²) in [6.45, 7) is 2.54. The summed E-state index contributed by atoms with van der Waals surface area (Å²) in [6.07, 6.45) is 3.77. The molecule has 0 spiro atoms. The van der Waals surface area contributed by atoms with Crippen LogP contribution in [0.15, 0.2) is 35.6 Å². The highest BCUT2D eigenvalue weighted by Crippen LogP contribution is 2.35. The minimum absolute atomic E-state index is 0.000291. The maximum atomic E-state index is 12.6. The molecule has 0 bridgehead atoms. The molecule has 0 fully saturated rings. The van der Waals surface area contributed by atoms with Gasteiger partial charge in [0.05, 0.1) is 23.3 Å². The van der Waals surface area contributed by atoms with Crippen LogP contribution in [-0.2, 0) is 22.9 Å². The summed E-state index contributed by atoms with van der Waals surface area (Å²) in [5.41, 5.74) is -0.0446. The lowest BCUT2D eigenvalue weighted by molar-refractivity contribution is 0.0718. The van der Waals surface area contributed by atoms with E-state index in [1.807, 2.05) is 6.92 Å². The molecular formula is C16H17ClN6O5S. The lowest BCUT2D eigenvalue weighted by Crippen LogP contribution is -2.16. The van der Waals surface area contributed by atoms with Crippen molar-refractivity contribution in [2.24, 2.45) is 0 Å². The molecule has 0 aliphatic carbocycles. The third-order valence-electron chi connectivity index (χ3n) is 3.78. The highest BCUT2D eigenvalue weighted by atomic mass is 35.5. The van der Waals surface area contributed by atoms with E-state index >= 15 is 0 Å². The van der Waals surface area contributed by atoms with Crippen molar-refractivity contribution in [2.75, 3.05) is 12.9 Å². The third kappa shape index (κ3) is 4.71. The number of tetrazole rings is 1. The predicted molar refractivity (Wildman–Crippen MR) is 101 cm³/mol. The lowest BCUT2D eigenvalue weighted by atomic mass is 10.2. The maximum Gasteiger partial charge on any atom is 0.346 e. The Morgan fingerprint density at radius 2 is 2.03 bits per heavy atom. The molecule has 0 amide bonds. The van der Waals surface area contributed by atoms with Gasteiger partial charge in [0.2, 0.25) is 5.88 Å². The molecule has 0 aliphatic heterocycles. The van der Waals surface area contributed by atoms with E-state index in [1.165, 1.54) is 40.2 Å². The molecule has 1 aromatic carbocycles. The Bertz CT molecular complexity index is 1110. The molecule has 0 saturated heterocycles. The summed E-state index contributed by atoms with van der Waals surface area (Å²) in [6, 6.07) is 4.06. The van der Waals surface area contributed by atoms with Gasteiger partial charge in [0.1, 0.15) is 11.5 Å². The van der Waals surface area contributed by atoms with E-state index < -0.39 is 15.8 Å². The van der Waals surface area contributed by atoms with Crippen LogP contribution in [-0.4, -0.2) is 57.2 Å². The third-order valence-corrected chi connectivity index (χ3v) is 5.28. The number of carbonyl (C=O) groups is 1. The van der Waals surface area contributed by atoms with Crippen LogP contribution in [0.1, 0.15) is 17.3 Å². The Labute approximate surface area is 171 Å². The minimum Gasteiger partial charge on any atom is -0.489 e. The summed E-state index contributed by atoms with van der Waals surface area (Å²) in [7, 11) is -3.67. The number of carbonyl (C=O) groups excluding carboxylic acids is 1. The topological polar surface area (TPSA) is 131 Å². The van der Waals surface area contributed by atoms with Gasteiger partial charge in [-0.15, -0.1) is 10.2 Å². The number of hydrogen-bond acceptors (Lipinski definition) is 9. The molecule has 0 N–H and O–H groups in total. The number of halogens is 1. The average molecular weight is 441 g/mol. The Morgan fingerprint density at radius 1 is 1.24 bits per heavy atom. The maximum absolute atomic E-state index is 12.6. The smallest absolute Gasteiger partial charge is 0.346 e. The second kappa shape index (κ2) is 8.57. The van der Waals surface area contributed by atoms with E-state index in [0.717, 1.165) is 6.26 Å². The zero-order valence-electron chi connectivity index (χ0n) is 15.5. The Hall–Kier alpha value is -2.99. The first kappa shape index (κ1) is 20.7. The van der Waals surface area contributed by atoms with Gasteiger partial charge in [-0.3, -0.25) is 0 Å². The number of hydrogen-bond donors (Lipinski definition) is 0. The Morgan fingerprint density at radius 3 is 2.69 bits per heavy atom. The molecule has 154 valence electrons. The largest absolute Gasteiger partial charge is 0.489 e. The number of benzene rings is 1. The van der Waals surface area contributed by atoms with Crippen molar-refractivity contribution in [3.8, 4) is 11.6 Å². The zero-order chi connectivity index (χ0) is 21.0. The summed E-state index contributed by atoms with van der Waals surface area (Å²) in [5, 5.41) is 14.9. The van der Waals surface area contributed by atoms with Crippen LogP contribution < -0.4 is 9.47 Å². The monoisotopic (exact) mass is 440 g/mol. The minimum atomic E-state index is -3.67. The van der Waals surface area contributed by atoms with Crippen molar-refractivity contribution in [3.05, 3.63) is 41.3 Å².